The van der Waals surface area contributed by atoms with Crippen molar-refractivity contribution in [1.29, 1.82) is 0 Å². The van der Waals surface area contributed by atoms with E-state index in [9.17, 15) is 38.0 Å². The zero-order valence-corrected chi connectivity index (χ0v) is 32.0. The van der Waals surface area contributed by atoms with Crippen LogP contribution in [0.15, 0.2) is 97.1 Å². The van der Waals surface area contributed by atoms with Gasteiger partial charge in [-0.1, -0.05) is 67.6 Å². The van der Waals surface area contributed by atoms with E-state index in [4.69, 9.17) is 9.47 Å². The highest BCUT2D eigenvalue weighted by Crippen LogP contribution is 2.42. The zero-order chi connectivity index (χ0) is 41.0. The van der Waals surface area contributed by atoms with Crippen LogP contribution in [0.5, 0.6) is 0 Å². The van der Waals surface area contributed by atoms with E-state index in [0.29, 0.717) is 17.9 Å². The molecule has 58 heavy (non-hydrogen) atoms. The summed E-state index contributed by atoms with van der Waals surface area (Å²) in [6.07, 6.45) is -5.77. The van der Waals surface area contributed by atoms with E-state index >= 15 is 0 Å². The molecule has 0 radical (unpaired) electrons. The Bertz CT molecular complexity index is 2080. The van der Waals surface area contributed by atoms with E-state index < -0.39 is 35.2 Å². The Labute approximate surface area is 334 Å². The lowest BCUT2D eigenvalue weighted by Crippen LogP contribution is -2.51. The van der Waals surface area contributed by atoms with Crippen molar-refractivity contribution in [3.8, 4) is 11.1 Å². The number of carbonyl (C=O) groups is 2. The number of nitrogens with zero attached hydrogens (tertiary/aromatic N) is 4. The van der Waals surface area contributed by atoms with Gasteiger partial charge in [-0.05, 0) is 64.9 Å². The van der Waals surface area contributed by atoms with Crippen molar-refractivity contribution in [2.24, 2.45) is 5.92 Å². The van der Waals surface area contributed by atoms with Crippen LogP contribution in [0.4, 0.5) is 24.5 Å². The summed E-state index contributed by atoms with van der Waals surface area (Å²) in [6, 6.07) is 28.5. The summed E-state index contributed by atoms with van der Waals surface area (Å²) < 4.78 is 52.9. The van der Waals surface area contributed by atoms with E-state index in [1.54, 1.807) is 12.1 Å². The molecular formula is C43H46F3N5O7. The monoisotopic (exact) mass is 801 g/mol. The Morgan fingerprint density at radius 2 is 1.55 bits per heavy atom. The smallest absolute Gasteiger partial charge is 0.392 e. The Morgan fingerprint density at radius 1 is 0.862 bits per heavy atom. The third kappa shape index (κ3) is 9.34. The van der Waals surface area contributed by atoms with Crippen molar-refractivity contribution in [3.63, 3.8) is 0 Å². The Hall–Kier alpha value is -5.35. The number of ether oxygens (including phenoxy) is 2. The fourth-order valence-electron chi connectivity index (χ4n) is 8.03. The molecule has 3 aliphatic rings. The molecule has 7 rings (SSSR count). The van der Waals surface area contributed by atoms with Crippen LogP contribution in [0.25, 0.3) is 11.1 Å². The van der Waals surface area contributed by atoms with Crippen molar-refractivity contribution in [3.05, 3.63) is 129 Å². The van der Waals surface area contributed by atoms with Gasteiger partial charge in [-0.15, -0.1) is 0 Å². The molecule has 306 valence electrons. The summed E-state index contributed by atoms with van der Waals surface area (Å²) in [6.45, 7) is 5.75. The standard InChI is InChI=1S/C43H46F3N5O7/c1-28-38(26-48-19-21-49(22-20-48)35-14-16-36(17-15-35)51(55)56)57-41(58-39(28)31-12-10-29(27-52)11-13-31)34-8-3-7-33(24-34)32-6-2-5-30(23-32)25-47-40(53)37-9-4-18-50(37)42(54)43(44,45)46/h2-3,5-8,10-17,23-24,28,37-39,41,52H,4,9,18-22,25-27H2,1H3,(H,47,53)/t28-,37-,38+,39+,41+/m0/s1. The van der Waals surface area contributed by atoms with Crippen molar-refractivity contribution >= 4 is 23.2 Å². The maximum Gasteiger partial charge on any atom is 0.471 e. The van der Waals surface area contributed by atoms with E-state index in [1.807, 2.05) is 72.8 Å². The number of hydrogen-bond donors (Lipinski definition) is 2. The van der Waals surface area contributed by atoms with Crippen LogP contribution in [0.3, 0.4) is 0 Å². The van der Waals surface area contributed by atoms with Gasteiger partial charge >= 0.3 is 12.1 Å². The number of non-ortho nitro benzene ring substituents is 1. The summed E-state index contributed by atoms with van der Waals surface area (Å²) in [4.78, 5) is 40.8. The molecule has 12 nitrogen and oxygen atoms in total. The fourth-order valence-corrected chi connectivity index (χ4v) is 8.03. The molecule has 4 aromatic carbocycles. The average molecular weight is 802 g/mol. The van der Waals surface area contributed by atoms with E-state index in [0.717, 1.165) is 65.2 Å². The average Bonchev–Trinajstić information content (AvgIpc) is 3.74. The van der Waals surface area contributed by atoms with Gasteiger partial charge in [0.2, 0.25) is 5.91 Å². The number of benzene rings is 4. The molecule has 0 bridgehead atoms. The van der Waals surface area contributed by atoms with Crippen LogP contribution in [0, 0.1) is 16.0 Å². The number of hydrogen-bond acceptors (Lipinski definition) is 9. The zero-order valence-electron chi connectivity index (χ0n) is 32.0. The number of halogens is 3. The summed E-state index contributed by atoms with van der Waals surface area (Å²) in [5.41, 5.74) is 6.05. The first-order valence-corrected chi connectivity index (χ1v) is 19.4. The second-order valence-corrected chi connectivity index (χ2v) is 15.1. The van der Waals surface area contributed by atoms with Crippen molar-refractivity contribution in [1.82, 2.24) is 15.1 Å². The van der Waals surface area contributed by atoms with Gasteiger partial charge in [0.05, 0.1) is 23.7 Å². The third-order valence-corrected chi connectivity index (χ3v) is 11.3. The van der Waals surface area contributed by atoms with Crippen LogP contribution in [0.1, 0.15) is 54.4 Å². The number of nitro groups is 1. The molecule has 0 aliphatic carbocycles. The van der Waals surface area contributed by atoms with E-state index in [2.05, 4.69) is 22.0 Å². The van der Waals surface area contributed by atoms with Crippen LogP contribution in [0.2, 0.25) is 0 Å². The Balaban J connectivity index is 1.05. The molecular weight excluding hydrogens is 755 g/mol. The van der Waals surface area contributed by atoms with Gasteiger partial charge in [0.25, 0.3) is 5.69 Å². The lowest BCUT2D eigenvalue weighted by molar-refractivity contribution is -0.384. The first-order valence-electron chi connectivity index (χ1n) is 19.4. The summed E-state index contributed by atoms with van der Waals surface area (Å²) in [5, 5.41) is 23.5. The number of aliphatic hydroxyl groups excluding tert-OH is 1. The van der Waals surface area contributed by atoms with Crippen molar-refractivity contribution < 1.29 is 42.3 Å². The summed E-state index contributed by atoms with van der Waals surface area (Å²) in [5.74, 6) is -2.64. The minimum atomic E-state index is -5.04. The minimum absolute atomic E-state index is 0.0260. The summed E-state index contributed by atoms with van der Waals surface area (Å²) in [7, 11) is 0. The van der Waals surface area contributed by atoms with Gasteiger partial charge in [0.1, 0.15) is 6.04 Å². The SMILES string of the molecule is C[C@H]1[C@@H](CN2CCN(c3ccc([N+](=O)[O-])cc3)CC2)O[C@@H](c2cccc(-c3cccc(CNC(=O)[C@@H]4CCCN4C(=O)C(F)(F)F)c3)c2)O[C@H]1c1ccc(CO)cc1. The lowest BCUT2D eigenvalue weighted by atomic mass is 9.89. The molecule has 2 N–H and O–H groups in total. The number of nitro benzene ring substituents is 1. The molecule has 3 fully saturated rings. The number of amides is 2. The Kier molecular flexibility index (Phi) is 12.4. The fraction of sp³-hybridized carbons (Fsp3) is 0.395. The van der Waals surface area contributed by atoms with E-state index in [1.165, 1.54) is 12.1 Å². The molecule has 5 atom stereocenters. The molecule has 0 spiro atoms. The van der Waals surface area contributed by atoms with E-state index in [-0.39, 0.29) is 49.9 Å². The minimum Gasteiger partial charge on any atom is -0.392 e. The number of carbonyl (C=O) groups excluding carboxylic acids is 2. The molecule has 2 amide bonds. The van der Waals surface area contributed by atoms with Gasteiger partial charge in [-0.2, -0.15) is 13.2 Å². The molecule has 4 aromatic rings. The third-order valence-electron chi connectivity index (χ3n) is 11.3. The van der Waals surface area contributed by atoms with Crippen molar-refractivity contribution in [2.75, 3.05) is 44.2 Å². The molecule has 3 heterocycles. The largest absolute Gasteiger partial charge is 0.471 e. The van der Waals surface area contributed by atoms with Crippen LogP contribution < -0.4 is 10.2 Å². The number of aliphatic hydroxyl groups is 1. The van der Waals surface area contributed by atoms with Gasteiger partial charge in [-0.25, -0.2) is 0 Å². The number of rotatable bonds is 11. The highest BCUT2D eigenvalue weighted by Gasteiger charge is 2.47. The second-order valence-electron chi connectivity index (χ2n) is 15.1. The normalized spacial score (nSPS) is 22.8. The molecule has 3 saturated heterocycles. The molecule has 0 aromatic heterocycles. The Morgan fingerprint density at radius 3 is 2.22 bits per heavy atom. The number of piperazine rings is 1. The highest BCUT2D eigenvalue weighted by atomic mass is 19.4. The number of nitrogens with one attached hydrogen (secondary N) is 1. The van der Waals surface area contributed by atoms with Crippen LogP contribution in [-0.4, -0.2) is 89.2 Å². The maximum atomic E-state index is 13.1. The van der Waals surface area contributed by atoms with Crippen molar-refractivity contribution in [2.45, 2.75) is 63.6 Å². The number of alkyl halides is 3. The molecule has 0 unspecified atom stereocenters. The van der Waals surface area contributed by atoms with Gasteiger partial charge < -0.3 is 29.7 Å². The first-order chi connectivity index (χ1) is 27.9. The van der Waals surface area contributed by atoms with Gasteiger partial charge in [0.15, 0.2) is 6.29 Å². The highest BCUT2D eigenvalue weighted by molar-refractivity contribution is 5.90. The first kappa shape index (κ1) is 40.8. The second kappa shape index (κ2) is 17.6. The number of anilines is 1. The predicted octanol–water partition coefficient (Wildman–Crippen LogP) is 6.54. The topological polar surface area (TPSA) is 138 Å². The molecule has 3 aliphatic heterocycles. The van der Waals surface area contributed by atoms with Gasteiger partial charge in [-0.3, -0.25) is 24.6 Å². The van der Waals surface area contributed by atoms with Gasteiger partial charge in [0, 0.05) is 75.1 Å². The lowest BCUT2D eigenvalue weighted by Gasteiger charge is -2.44. The quantitative estimate of drug-likeness (QED) is 0.128. The predicted molar refractivity (Wildman–Crippen MR) is 209 cm³/mol. The molecule has 0 saturated carbocycles. The molecule has 15 heteroatoms. The van der Waals surface area contributed by atoms with Crippen LogP contribution in [-0.2, 0) is 32.2 Å². The van der Waals surface area contributed by atoms with Crippen LogP contribution >= 0.6 is 0 Å². The number of likely N-dealkylation sites (tertiary alicyclic amines) is 1. The maximum absolute atomic E-state index is 13.1. The summed E-state index contributed by atoms with van der Waals surface area (Å²) >= 11 is 0.